The summed E-state index contributed by atoms with van der Waals surface area (Å²) in [5, 5.41) is 3.10. The Kier molecular flexibility index (Phi) is 2.69. The number of hydrogen-bond donors (Lipinski definition) is 2. The second kappa shape index (κ2) is 3.76. The lowest BCUT2D eigenvalue weighted by Gasteiger charge is -2.08. The van der Waals surface area contributed by atoms with Crippen molar-refractivity contribution in [2.75, 3.05) is 11.1 Å². The van der Waals surface area contributed by atoms with Crippen LogP contribution < -0.4 is 11.1 Å². The molecule has 1 heterocycles. The lowest BCUT2D eigenvalue weighted by Crippen LogP contribution is -2.00. The molecule has 1 rings (SSSR count). The Balaban J connectivity index is 2.75. The molecule has 12 heavy (non-hydrogen) atoms. The molecule has 0 spiro atoms. The van der Waals surface area contributed by atoms with Crippen LogP contribution >= 0.6 is 0 Å². The minimum atomic E-state index is 0.645. The average Bonchev–Trinajstić information content (AvgIpc) is 2.09. The van der Waals surface area contributed by atoms with E-state index in [1.807, 2.05) is 13.0 Å². The molecule has 0 unspecified atom stereocenters. The third-order valence-corrected chi connectivity index (χ3v) is 1.59. The maximum Gasteiger partial charge on any atom is 0.0739 e. The van der Waals surface area contributed by atoms with Gasteiger partial charge in [0.25, 0.3) is 0 Å². The van der Waals surface area contributed by atoms with Crippen LogP contribution in [0.2, 0.25) is 0 Å². The Labute approximate surface area is 72.3 Å². The van der Waals surface area contributed by atoms with Crippen LogP contribution in [0.1, 0.15) is 13.3 Å². The molecule has 3 heteroatoms. The predicted octanol–water partition coefficient (Wildman–Crippen LogP) is 2.00. The van der Waals surface area contributed by atoms with Gasteiger partial charge in [-0.3, -0.25) is 4.98 Å². The van der Waals surface area contributed by atoms with Crippen molar-refractivity contribution in [3.63, 3.8) is 0 Å². The SMILES string of the molecule is C=C(CC)Nc1ccncc1N. The summed E-state index contributed by atoms with van der Waals surface area (Å²) in [4.78, 5) is 3.88. The topological polar surface area (TPSA) is 50.9 Å². The van der Waals surface area contributed by atoms with Crippen LogP contribution in [-0.4, -0.2) is 4.98 Å². The first-order chi connectivity index (χ1) is 5.74. The minimum absolute atomic E-state index is 0.645. The van der Waals surface area contributed by atoms with Gasteiger partial charge in [0.2, 0.25) is 0 Å². The molecule has 0 aliphatic carbocycles. The zero-order valence-corrected chi connectivity index (χ0v) is 7.17. The molecule has 0 radical (unpaired) electrons. The number of anilines is 2. The fourth-order valence-corrected chi connectivity index (χ4v) is 0.799. The summed E-state index contributed by atoms with van der Waals surface area (Å²) in [6.45, 7) is 5.86. The van der Waals surface area contributed by atoms with E-state index in [0.717, 1.165) is 17.8 Å². The van der Waals surface area contributed by atoms with Crippen molar-refractivity contribution in [1.29, 1.82) is 0 Å². The summed E-state index contributed by atoms with van der Waals surface area (Å²) >= 11 is 0. The maximum absolute atomic E-state index is 5.66. The van der Waals surface area contributed by atoms with Crippen LogP contribution in [0.5, 0.6) is 0 Å². The third-order valence-electron chi connectivity index (χ3n) is 1.59. The van der Waals surface area contributed by atoms with Crippen molar-refractivity contribution >= 4 is 11.4 Å². The van der Waals surface area contributed by atoms with E-state index in [9.17, 15) is 0 Å². The average molecular weight is 163 g/mol. The second-order valence-electron chi connectivity index (χ2n) is 2.55. The lowest BCUT2D eigenvalue weighted by atomic mass is 10.3. The zero-order valence-electron chi connectivity index (χ0n) is 7.17. The highest BCUT2D eigenvalue weighted by atomic mass is 14.9. The normalized spacial score (nSPS) is 9.42. The van der Waals surface area contributed by atoms with Gasteiger partial charge in [0.15, 0.2) is 0 Å². The Morgan fingerprint density at radius 2 is 2.50 bits per heavy atom. The number of aromatic nitrogens is 1. The molecule has 0 fully saturated rings. The molecule has 1 aromatic rings. The number of nitrogens with two attached hydrogens (primary N) is 1. The standard InChI is InChI=1S/C9H13N3/c1-3-7(2)12-9-4-5-11-6-8(9)10/h4-6H,2-3,10H2,1H3,(H,11,12). The molecule has 0 aromatic carbocycles. The molecule has 3 N–H and O–H groups in total. The van der Waals surface area contributed by atoms with Crippen LogP contribution in [0.3, 0.4) is 0 Å². The van der Waals surface area contributed by atoms with E-state index >= 15 is 0 Å². The third kappa shape index (κ3) is 1.99. The first-order valence-electron chi connectivity index (χ1n) is 3.88. The van der Waals surface area contributed by atoms with E-state index in [4.69, 9.17) is 5.73 Å². The van der Waals surface area contributed by atoms with Crippen molar-refractivity contribution in [3.05, 3.63) is 30.7 Å². The lowest BCUT2D eigenvalue weighted by molar-refractivity contribution is 1.11. The molecule has 0 aliphatic heterocycles. The van der Waals surface area contributed by atoms with Crippen molar-refractivity contribution in [2.45, 2.75) is 13.3 Å². The van der Waals surface area contributed by atoms with Crippen molar-refractivity contribution < 1.29 is 0 Å². The fourth-order valence-electron chi connectivity index (χ4n) is 0.799. The molecule has 64 valence electrons. The van der Waals surface area contributed by atoms with Gasteiger partial charge in [-0.25, -0.2) is 0 Å². The summed E-state index contributed by atoms with van der Waals surface area (Å²) in [7, 11) is 0. The Bertz CT molecular complexity index is 281. The summed E-state index contributed by atoms with van der Waals surface area (Å²) < 4.78 is 0. The number of hydrogen-bond acceptors (Lipinski definition) is 3. The summed E-state index contributed by atoms with van der Waals surface area (Å²) in [6, 6.07) is 1.83. The molecule has 0 saturated heterocycles. The van der Waals surface area contributed by atoms with Gasteiger partial charge in [-0.15, -0.1) is 0 Å². The van der Waals surface area contributed by atoms with E-state index in [1.165, 1.54) is 0 Å². The zero-order chi connectivity index (χ0) is 8.97. The predicted molar refractivity (Wildman–Crippen MR) is 51.7 cm³/mol. The molecular formula is C9H13N3. The van der Waals surface area contributed by atoms with Gasteiger partial charge in [0.1, 0.15) is 0 Å². The quantitative estimate of drug-likeness (QED) is 0.716. The fraction of sp³-hybridized carbons (Fsp3) is 0.222. The van der Waals surface area contributed by atoms with Gasteiger partial charge in [0.05, 0.1) is 17.6 Å². The number of allylic oxidation sites excluding steroid dienone is 1. The number of pyridine rings is 1. The van der Waals surface area contributed by atoms with Crippen LogP contribution in [-0.2, 0) is 0 Å². The molecule has 0 saturated carbocycles. The minimum Gasteiger partial charge on any atom is -0.396 e. The molecule has 0 bridgehead atoms. The van der Waals surface area contributed by atoms with E-state index in [1.54, 1.807) is 12.4 Å². The van der Waals surface area contributed by atoms with Gasteiger partial charge in [0, 0.05) is 11.9 Å². The summed E-state index contributed by atoms with van der Waals surface area (Å²) in [5.74, 6) is 0. The van der Waals surface area contributed by atoms with Crippen molar-refractivity contribution in [2.24, 2.45) is 0 Å². The maximum atomic E-state index is 5.66. The van der Waals surface area contributed by atoms with Crippen LogP contribution in [0, 0.1) is 0 Å². The monoisotopic (exact) mass is 163 g/mol. The highest BCUT2D eigenvalue weighted by Gasteiger charge is 1.96. The first kappa shape index (κ1) is 8.59. The molecule has 1 aromatic heterocycles. The van der Waals surface area contributed by atoms with E-state index < -0.39 is 0 Å². The number of rotatable bonds is 3. The van der Waals surface area contributed by atoms with Crippen molar-refractivity contribution in [3.8, 4) is 0 Å². The van der Waals surface area contributed by atoms with Crippen LogP contribution in [0.25, 0.3) is 0 Å². The number of nitrogen functional groups attached to an aromatic ring is 1. The van der Waals surface area contributed by atoms with E-state index in [0.29, 0.717) is 5.69 Å². The summed E-state index contributed by atoms with van der Waals surface area (Å²) in [6.07, 6.45) is 4.20. The van der Waals surface area contributed by atoms with Crippen LogP contribution in [0.4, 0.5) is 11.4 Å². The molecule has 3 nitrogen and oxygen atoms in total. The van der Waals surface area contributed by atoms with Gasteiger partial charge in [-0.05, 0) is 12.5 Å². The second-order valence-corrected chi connectivity index (χ2v) is 2.55. The molecular weight excluding hydrogens is 150 g/mol. The van der Waals surface area contributed by atoms with Gasteiger partial charge in [-0.1, -0.05) is 13.5 Å². The Morgan fingerprint density at radius 3 is 3.08 bits per heavy atom. The molecule has 0 atom stereocenters. The Morgan fingerprint density at radius 1 is 1.75 bits per heavy atom. The van der Waals surface area contributed by atoms with Crippen molar-refractivity contribution in [1.82, 2.24) is 4.98 Å². The number of nitrogens with one attached hydrogen (secondary N) is 1. The smallest absolute Gasteiger partial charge is 0.0739 e. The highest BCUT2D eigenvalue weighted by Crippen LogP contribution is 2.17. The van der Waals surface area contributed by atoms with Gasteiger partial charge in [-0.2, -0.15) is 0 Å². The molecule has 0 aliphatic rings. The highest BCUT2D eigenvalue weighted by molar-refractivity contribution is 5.66. The molecule has 0 amide bonds. The van der Waals surface area contributed by atoms with Crippen LogP contribution in [0.15, 0.2) is 30.7 Å². The van der Waals surface area contributed by atoms with Gasteiger partial charge < -0.3 is 11.1 Å². The van der Waals surface area contributed by atoms with E-state index in [-0.39, 0.29) is 0 Å². The number of nitrogens with zero attached hydrogens (tertiary/aromatic N) is 1. The first-order valence-corrected chi connectivity index (χ1v) is 3.88. The van der Waals surface area contributed by atoms with Gasteiger partial charge >= 0.3 is 0 Å². The Hall–Kier alpha value is -1.51. The van der Waals surface area contributed by atoms with E-state index in [2.05, 4.69) is 16.9 Å². The largest absolute Gasteiger partial charge is 0.396 e. The summed E-state index contributed by atoms with van der Waals surface area (Å²) in [5.41, 5.74) is 8.13.